The van der Waals surface area contributed by atoms with Gasteiger partial charge in [-0.2, -0.15) is 0 Å². The lowest BCUT2D eigenvalue weighted by Gasteiger charge is -2.23. The van der Waals surface area contributed by atoms with Crippen LogP contribution < -0.4 is 10.0 Å². The topological polar surface area (TPSA) is 71.1 Å². The quantitative estimate of drug-likeness (QED) is 0.788. The number of nitrogens with one attached hydrogen (secondary N) is 2. The van der Waals surface area contributed by atoms with Crippen molar-refractivity contribution in [3.05, 3.63) is 54.2 Å². The number of hydrogen-bond donors (Lipinski definition) is 2. The summed E-state index contributed by atoms with van der Waals surface area (Å²) in [6.45, 7) is 0. The van der Waals surface area contributed by atoms with E-state index in [0.29, 0.717) is 18.2 Å². The number of rotatable bonds is 7. The van der Waals surface area contributed by atoms with Gasteiger partial charge in [-0.05, 0) is 37.0 Å². The Kier molecular flexibility index (Phi) is 5.91. The van der Waals surface area contributed by atoms with Gasteiger partial charge in [0, 0.05) is 6.04 Å². The zero-order valence-corrected chi connectivity index (χ0v) is 15.1. The lowest BCUT2D eigenvalue weighted by Crippen LogP contribution is -2.23. The van der Waals surface area contributed by atoms with Crippen LogP contribution in [0.2, 0.25) is 0 Å². The van der Waals surface area contributed by atoms with Crippen molar-refractivity contribution in [3.63, 3.8) is 0 Å². The second-order valence-corrected chi connectivity index (χ2v) is 8.41. The first-order chi connectivity index (χ1) is 12.1. The van der Waals surface area contributed by atoms with Crippen molar-refractivity contribution in [2.24, 2.45) is 0 Å². The van der Waals surface area contributed by atoms with Gasteiger partial charge in [0.1, 0.15) is 5.82 Å². The molecule has 2 N–H and O–H groups in total. The number of anilines is 2. The largest absolute Gasteiger partial charge is 0.367 e. The molecule has 1 saturated carbocycles. The van der Waals surface area contributed by atoms with Crippen LogP contribution in [-0.4, -0.2) is 25.2 Å². The molecule has 1 fully saturated rings. The van der Waals surface area contributed by atoms with Crippen LogP contribution in [0.15, 0.2) is 48.7 Å². The van der Waals surface area contributed by atoms with Crippen LogP contribution in [0.5, 0.6) is 0 Å². The Morgan fingerprint density at radius 3 is 2.44 bits per heavy atom. The van der Waals surface area contributed by atoms with Gasteiger partial charge < -0.3 is 5.32 Å². The van der Waals surface area contributed by atoms with E-state index in [0.717, 1.165) is 11.4 Å². The third-order valence-electron chi connectivity index (χ3n) is 4.50. The smallest absolute Gasteiger partial charge is 0.233 e. The highest BCUT2D eigenvalue weighted by molar-refractivity contribution is 7.92. The van der Waals surface area contributed by atoms with Gasteiger partial charge in [-0.1, -0.05) is 49.6 Å². The lowest BCUT2D eigenvalue weighted by molar-refractivity contribution is 0.462. The predicted molar refractivity (Wildman–Crippen MR) is 102 cm³/mol. The van der Waals surface area contributed by atoms with Gasteiger partial charge in [0.05, 0.1) is 17.6 Å². The Bertz CT molecular complexity index is 755. The van der Waals surface area contributed by atoms with Crippen LogP contribution in [0, 0.1) is 0 Å². The summed E-state index contributed by atoms with van der Waals surface area (Å²) in [4.78, 5) is 4.34. The van der Waals surface area contributed by atoms with E-state index < -0.39 is 10.0 Å². The normalized spacial score (nSPS) is 15.7. The maximum atomic E-state index is 12.2. The first-order valence-electron chi connectivity index (χ1n) is 8.88. The molecule has 1 aromatic heterocycles. The van der Waals surface area contributed by atoms with Gasteiger partial charge in [0.2, 0.25) is 10.0 Å². The maximum Gasteiger partial charge on any atom is 0.233 e. The van der Waals surface area contributed by atoms with E-state index in [4.69, 9.17) is 0 Å². The van der Waals surface area contributed by atoms with Crippen LogP contribution >= 0.6 is 0 Å². The summed E-state index contributed by atoms with van der Waals surface area (Å²) in [7, 11) is -3.38. The number of aryl methyl sites for hydroxylation is 1. The molecule has 1 aliphatic rings. The van der Waals surface area contributed by atoms with Gasteiger partial charge in [0.15, 0.2) is 0 Å². The fraction of sp³-hybridized carbons (Fsp3) is 0.421. The highest BCUT2D eigenvalue weighted by Crippen LogP contribution is 2.21. The zero-order chi connectivity index (χ0) is 17.5. The molecule has 0 atom stereocenters. The van der Waals surface area contributed by atoms with Gasteiger partial charge in [-0.15, -0.1) is 0 Å². The molecule has 1 aliphatic carbocycles. The second-order valence-electron chi connectivity index (χ2n) is 6.57. The number of pyridine rings is 1. The molecule has 0 radical (unpaired) electrons. The Morgan fingerprint density at radius 1 is 1.00 bits per heavy atom. The van der Waals surface area contributed by atoms with Crippen molar-refractivity contribution in [1.82, 2.24) is 4.98 Å². The van der Waals surface area contributed by atoms with Gasteiger partial charge in [-0.3, -0.25) is 4.72 Å². The van der Waals surface area contributed by atoms with Crippen molar-refractivity contribution in [2.75, 3.05) is 15.8 Å². The summed E-state index contributed by atoms with van der Waals surface area (Å²) in [5.74, 6) is 0.859. The molecule has 0 saturated heterocycles. The van der Waals surface area contributed by atoms with Crippen molar-refractivity contribution in [3.8, 4) is 0 Å². The van der Waals surface area contributed by atoms with E-state index >= 15 is 0 Å². The van der Waals surface area contributed by atoms with Crippen LogP contribution in [0.1, 0.15) is 37.7 Å². The average molecular weight is 359 g/mol. The summed E-state index contributed by atoms with van der Waals surface area (Å²) in [5.41, 5.74) is 1.51. The highest BCUT2D eigenvalue weighted by atomic mass is 32.2. The first kappa shape index (κ1) is 17.7. The van der Waals surface area contributed by atoms with E-state index in [1.165, 1.54) is 32.1 Å². The number of nitrogens with zero attached hydrogens (tertiary/aromatic N) is 1. The van der Waals surface area contributed by atoms with Crippen LogP contribution in [0.4, 0.5) is 11.5 Å². The van der Waals surface area contributed by atoms with Crippen molar-refractivity contribution >= 4 is 21.5 Å². The van der Waals surface area contributed by atoms with Crippen molar-refractivity contribution in [1.29, 1.82) is 0 Å². The molecule has 3 rings (SSSR count). The molecule has 5 nitrogen and oxygen atoms in total. The molecule has 1 heterocycles. The van der Waals surface area contributed by atoms with Gasteiger partial charge in [-0.25, -0.2) is 13.4 Å². The molecule has 0 amide bonds. The molecule has 134 valence electrons. The molecule has 0 unspecified atom stereocenters. The lowest BCUT2D eigenvalue weighted by atomic mass is 9.95. The molecular weight excluding hydrogens is 334 g/mol. The fourth-order valence-electron chi connectivity index (χ4n) is 3.12. The Balaban J connectivity index is 1.53. The number of sulfonamides is 1. The van der Waals surface area contributed by atoms with Crippen molar-refractivity contribution in [2.45, 2.75) is 44.6 Å². The van der Waals surface area contributed by atoms with Crippen LogP contribution in [-0.2, 0) is 16.4 Å². The summed E-state index contributed by atoms with van der Waals surface area (Å²) in [6.07, 6.45) is 8.25. The highest BCUT2D eigenvalue weighted by Gasteiger charge is 2.14. The molecule has 2 aromatic rings. The molecule has 0 bridgehead atoms. The minimum absolute atomic E-state index is 0.0547. The average Bonchev–Trinajstić information content (AvgIpc) is 2.63. The van der Waals surface area contributed by atoms with E-state index in [2.05, 4.69) is 15.0 Å². The number of aromatic nitrogens is 1. The molecule has 0 spiro atoms. The zero-order valence-electron chi connectivity index (χ0n) is 14.3. The summed E-state index contributed by atoms with van der Waals surface area (Å²) in [6, 6.07) is 13.7. The third kappa shape index (κ3) is 5.74. The Hall–Kier alpha value is -2.08. The fourth-order valence-corrected chi connectivity index (χ4v) is 4.21. The van der Waals surface area contributed by atoms with Gasteiger partial charge in [0.25, 0.3) is 0 Å². The van der Waals surface area contributed by atoms with E-state index in [1.54, 1.807) is 12.3 Å². The van der Waals surface area contributed by atoms with E-state index in [1.807, 2.05) is 36.4 Å². The van der Waals surface area contributed by atoms with E-state index in [9.17, 15) is 8.42 Å². The number of benzene rings is 1. The standard InChI is InChI=1S/C19H25N3O2S/c23-25(24,14-13-16-7-3-1-4-8-16)22-18-11-12-19(20-15-18)21-17-9-5-2-6-10-17/h1,3-4,7-8,11-12,15,17,22H,2,5-6,9-10,13-14H2,(H,20,21). The first-order valence-corrected chi connectivity index (χ1v) is 10.5. The number of hydrogen-bond acceptors (Lipinski definition) is 4. The molecule has 25 heavy (non-hydrogen) atoms. The van der Waals surface area contributed by atoms with Crippen LogP contribution in [0.3, 0.4) is 0 Å². The van der Waals surface area contributed by atoms with Crippen molar-refractivity contribution < 1.29 is 8.42 Å². The Labute approximate surface area is 149 Å². The SMILES string of the molecule is O=S(=O)(CCc1ccccc1)Nc1ccc(NC2CCCCC2)nc1. The maximum absolute atomic E-state index is 12.2. The second kappa shape index (κ2) is 8.34. The minimum atomic E-state index is -3.38. The summed E-state index contributed by atoms with van der Waals surface area (Å²) >= 11 is 0. The Morgan fingerprint density at radius 2 is 1.76 bits per heavy atom. The predicted octanol–water partition coefficient (Wildman–Crippen LogP) is 3.81. The summed E-state index contributed by atoms with van der Waals surface area (Å²) < 4.78 is 27.0. The molecule has 6 heteroatoms. The molecule has 0 aliphatic heterocycles. The molecule has 1 aromatic carbocycles. The van der Waals surface area contributed by atoms with Crippen LogP contribution in [0.25, 0.3) is 0 Å². The summed E-state index contributed by atoms with van der Waals surface area (Å²) in [5, 5.41) is 3.43. The molecular formula is C19H25N3O2S. The monoisotopic (exact) mass is 359 g/mol. The minimum Gasteiger partial charge on any atom is -0.367 e. The van der Waals surface area contributed by atoms with Gasteiger partial charge >= 0.3 is 0 Å². The third-order valence-corrected chi connectivity index (χ3v) is 5.78. The van der Waals surface area contributed by atoms with E-state index in [-0.39, 0.29) is 5.75 Å².